The summed E-state index contributed by atoms with van der Waals surface area (Å²) in [5.41, 5.74) is 2.17. The highest BCUT2D eigenvalue weighted by atomic mass is 16.4. The van der Waals surface area contributed by atoms with Gasteiger partial charge in [0.2, 0.25) is 0 Å². The van der Waals surface area contributed by atoms with Crippen molar-refractivity contribution in [2.75, 3.05) is 19.6 Å². The second kappa shape index (κ2) is 5.76. The second-order valence-corrected chi connectivity index (χ2v) is 6.69. The van der Waals surface area contributed by atoms with Crippen molar-refractivity contribution in [2.24, 2.45) is 11.3 Å². The monoisotopic (exact) mass is 288 g/mol. The van der Waals surface area contributed by atoms with Crippen LogP contribution in [-0.2, 0) is 11.2 Å². The van der Waals surface area contributed by atoms with Gasteiger partial charge >= 0.3 is 5.97 Å². The molecule has 21 heavy (non-hydrogen) atoms. The highest BCUT2D eigenvalue weighted by Crippen LogP contribution is 2.48. The van der Waals surface area contributed by atoms with E-state index in [0.29, 0.717) is 5.92 Å². The number of carboxylic acids is 1. The van der Waals surface area contributed by atoms with E-state index in [1.807, 2.05) is 12.4 Å². The Morgan fingerprint density at radius 1 is 1.57 bits per heavy atom. The van der Waals surface area contributed by atoms with E-state index in [1.54, 1.807) is 0 Å². The van der Waals surface area contributed by atoms with E-state index in [9.17, 15) is 9.90 Å². The van der Waals surface area contributed by atoms with Crippen molar-refractivity contribution >= 4 is 5.97 Å². The van der Waals surface area contributed by atoms with Gasteiger partial charge in [0.05, 0.1) is 5.41 Å². The van der Waals surface area contributed by atoms with Crippen molar-refractivity contribution in [1.29, 1.82) is 0 Å². The summed E-state index contributed by atoms with van der Waals surface area (Å²) in [6.07, 6.45) is 8.93. The molecule has 1 saturated heterocycles. The lowest BCUT2D eigenvalue weighted by Gasteiger charge is -2.23. The predicted octanol–water partition coefficient (Wildman–Crippen LogP) is 2.51. The van der Waals surface area contributed by atoms with Crippen LogP contribution in [0.2, 0.25) is 0 Å². The summed E-state index contributed by atoms with van der Waals surface area (Å²) < 4.78 is 0. The number of carbonyl (C=O) groups is 1. The molecule has 0 bridgehead atoms. The van der Waals surface area contributed by atoms with Gasteiger partial charge in [0.1, 0.15) is 0 Å². The Bertz CT molecular complexity index is 531. The summed E-state index contributed by atoms with van der Waals surface area (Å²) >= 11 is 0. The quantitative estimate of drug-likeness (QED) is 0.904. The molecule has 2 atom stereocenters. The Hall–Kier alpha value is -1.42. The molecular formula is C17H24N2O2. The highest BCUT2D eigenvalue weighted by molar-refractivity contribution is 5.76. The predicted molar refractivity (Wildman–Crippen MR) is 81.1 cm³/mol. The number of aliphatic carboxylic acids is 1. The van der Waals surface area contributed by atoms with Crippen LogP contribution >= 0.6 is 0 Å². The smallest absolute Gasteiger partial charge is 0.311 e. The molecule has 0 radical (unpaired) electrons. The minimum Gasteiger partial charge on any atom is -0.481 e. The van der Waals surface area contributed by atoms with E-state index < -0.39 is 11.4 Å². The van der Waals surface area contributed by atoms with E-state index >= 15 is 0 Å². The third-order valence-corrected chi connectivity index (χ3v) is 5.44. The molecule has 1 aromatic heterocycles. The number of likely N-dealkylation sites (tertiary alicyclic amines) is 1. The number of rotatable bonds is 5. The second-order valence-electron chi connectivity index (χ2n) is 6.69. The topological polar surface area (TPSA) is 53.4 Å². The number of aryl methyl sites for hydroxylation is 2. The molecule has 1 aliphatic carbocycles. The fourth-order valence-corrected chi connectivity index (χ4v) is 4.16. The number of fused-ring (bicyclic) bond motifs is 1. The summed E-state index contributed by atoms with van der Waals surface area (Å²) in [5, 5.41) is 9.60. The minimum absolute atomic E-state index is 0.370. The van der Waals surface area contributed by atoms with Crippen LogP contribution < -0.4 is 0 Å². The van der Waals surface area contributed by atoms with Gasteiger partial charge in [-0.2, -0.15) is 0 Å². The third-order valence-electron chi connectivity index (χ3n) is 5.44. The maximum atomic E-state index is 11.7. The molecule has 0 amide bonds. The molecule has 3 rings (SSSR count). The van der Waals surface area contributed by atoms with E-state index in [0.717, 1.165) is 51.7 Å². The number of pyridine rings is 1. The van der Waals surface area contributed by atoms with Crippen molar-refractivity contribution in [3.05, 3.63) is 29.6 Å². The zero-order chi connectivity index (χ0) is 14.9. The van der Waals surface area contributed by atoms with Gasteiger partial charge in [-0.15, -0.1) is 0 Å². The summed E-state index contributed by atoms with van der Waals surface area (Å²) in [6.45, 7) is 4.84. The van der Waals surface area contributed by atoms with Gasteiger partial charge in [-0.3, -0.25) is 9.78 Å². The van der Waals surface area contributed by atoms with Crippen molar-refractivity contribution in [1.82, 2.24) is 9.88 Å². The van der Waals surface area contributed by atoms with Crippen LogP contribution in [0.4, 0.5) is 0 Å². The van der Waals surface area contributed by atoms with Gasteiger partial charge in [0.25, 0.3) is 0 Å². The Kier molecular flexibility index (Phi) is 3.98. The fourth-order valence-electron chi connectivity index (χ4n) is 4.16. The lowest BCUT2D eigenvalue weighted by Crippen LogP contribution is -2.35. The SMILES string of the molecule is Cc1ccncc1CCCN1C[C@@H]2CCC[C@@]2(C(=O)O)C1. The number of hydrogen-bond acceptors (Lipinski definition) is 3. The van der Waals surface area contributed by atoms with Gasteiger partial charge in [-0.05, 0) is 62.3 Å². The lowest BCUT2D eigenvalue weighted by molar-refractivity contribution is -0.149. The van der Waals surface area contributed by atoms with Crippen LogP contribution in [0.25, 0.3) is 0 Å². The maximum Gasteiger partial charge on any atom is 0.311 e. The summed E-state index contributed by atoms with van der Waals surface area (Å²) in [4.78, 5) is 18.2. The molecule has 0 spiro atoms. The van der Waals surface area contributed by atoms with E-state index in [4.69, 9.17) is 0 Å². The van der Waals surface area contributed by atoms with E-state index in [1.165, 1.54) is 11.1 Å². The van der Waals surface area contributed by atoms with Crippen molar-refractivity contribution in [3.63, 3.8) is 0 Å². The van der Waals surface area contributed by atoms with Crippen LogP contribution in [0.5, 0.6) is 0 Å². The molecule has 0 unspecified atom stereocenters. The van der Waals surface area contributed by atoms with Gasteiger partial charge in [-0.25, -0.2) is 0 Å². The normalized spacial score (nSPS) is 28.7. The highest BCUT2D eigenvalue weighted by Gasteiger charge is 2.54. The first-order valence-electron chi connectivity index (χ1n) is 7.97. The standard InChI is InChI=1S/C17H24N2O2/c1-13-6-8-18-10-14(13)4-3-9-19-11-15-5-2-7-17(15,12-19)16(20)21/h6,8,10,15H,2-5,7,9,11-12H2,1H3,(H,20,21)/t15-,17+/m0/s1. The molecule has 2 heterocycles. The minimum atomic E-state index is -0.574. The average Bonchev–Trinajstić information content (AvgIpc) is 2.98. The fraction of sp³-hybridized carbons (Fsp3) is 0.647. The van der Waals surface area contributed by atoms with E-state index in [2.05, 4.69) is 22.9 Å². The average molecular weight is 288 g/mol. The van der Waals surface area contributed by atoms with Crippen LogP contribution in [0.3, 0.4) is 0 Å². The van der Waals surface area contributed by atoms with Crippen LogP contribution in [0.1, 0.15) is 36.8 Å². The van der Waals surface area contributed by atoms with Crippen LogP contribution in [0.15, 0.2) is 18.5 Å². The van der Waals surface area contributed by atoms with Crippen LogP contribution in [-0.4, -0.2) is 40.6 Å². The molecule has 1 aromatic rings. The first-order valence-corrected chi connectivity index (χ1v) is 7.97. The summed E-state index contributed by atoms with van der Waals surface area (Å²) in [5.74, 6) is -0.203. The number of carboxylic acid groups (broad SMARTS) is 1. The molecular weight excluding hydrogens is 264 g/mol. The number of aromatic nitrogens is 1. The molecule has 4 heteroatoms. The summed E-state index contributed by atoms with van der Waals surface area (Å²) in [7, 11) is 0. The van der Waals surface area contributed by atoms with Crippen molar-refractivity contribution in [3.8, 4) is 0 Å². The van der Waals surface area contributed by atoms with Gasteiger partial charge in [0.15, 0.2) is 0 Å². The first kappa shape index (κ1) is 14.5. The first-order chi connectivity index (χ1) is 10.1. The maximum absolute atomic E-state index is 11.7. The molecule has 0 aromatic carbocycles. The van der Waals surface area contributed by atoms with E-state index in [-0.39, 0.29) is 0 Å². The molecule has 1 N–H and O–H groups in total. The van der Waals surface area contributed by atoms with Crippen LogP contribution in [0, 0.1) is 18.3 Å². The summed E-state index contributed by atoms with van der Waals surface area (Å²) in [6, 6.07) is 2.05. The van der Waals surface area contributed by atoms with Gasteiger partial charge in [0, 0.05) is 25.5 Å². The molecule has 114 valence electrons. The Labute approximate surface area is 126 Å². The number of hydrogen-bond donors (Lipinski definition) is 1. The lowest BCUT2D eigenvalue weighted by atomic mass is 9.81. The number of nitrogens with zero attached hydrogens (tertiary/aromatic N) is 2. The molecule has 2 aliphatic rings. The molecule has 2 fully saturated rings. The third kappa shape index (κ3) is 2.69. The Morgan fingerprint density at radius 2 is 2.43 bits per heavy atom. The zero-order valence-corrected chi connectivity index (χ0v) is 12.7. The largest absolute Gasteiger partial charge is 0.481 e. The molecule has 1 aliphatic heterocycles. The Balaban J connectivity index is 1.54. The van der Waals surface area contributed by atoms with Gasteiger partial charge in [-0.1, -0.05) is 6.42 Å². The Morgan fingerprint density at radius 3 is 3.14 bits per heavy atom. The molecule has 1 saturated carbocycles. The zero-order valence-electron chi connectivity index (χ0n) is 12.7. The van der Waals surface area contributed by atoms with Crippen molar-refractivity contribution in [2.45, 2.75) is 39.0 Å². The van der Waals surface area contributed by atoms with Crippen molar-refractivity contribution < 1.29 is 9.90 Å². The van der Waals surface area contributed by atoms with Gasteiger partial charge < -0.3 is 10.0 Å². The molecule has 4 nitrogen and oxygen atoms in total.